The van der Waals surface area contributed by atoms with Crippen LogP contribution in [0.1, 0.15) is 6.42 Å². The number of aliphatic hydroxyl groups is 1. The lowest BCUT2D eigenvalue weighted by atomic mass is 10.0. The molecule has 0 spiro atoms. The van der Waals surface area contributed by atoms with Crippen LogP contribution in [-0.2, 0) is 0 Å². The van der Waals surface area contributed by atoms with Crippen molar-refractivity contribution in [2.45, 2.75) is 12.5 Å². The van der Waals surface area contributed by atoms with Crippen LogP contribution in [0.25, 0.3) is 0 Å². The number of halogens is 3. The van der Waals surface area contributed by atoms with Crippen LogP contribution in [-0.4, -0.2) is 11.2 Å². The average molecular weight is 240 g/mol. The maximum atomic E-state index is 9.63. The third kappa shape index (κ3) is 3.35. The first kappa shape index (κ1) is 11.1. The first-order valence-corrected chi connectivity index (χ1v) is 4.97. The van der Waals surface area contributed by atoms with Crippen molar-refractivity contribution >= 4 is 34.8 Å². The van der Waals surface area contributed by atoms with Gasteiger partial charge < -0.3 is 5.11 Å². The maximum Gasteiger partial charge on any atom is 0.121 e. The van der Waals surface area contributed by atoms with Gasteiger partial charge in [-0.2, -0.15) is 0 Å². The Morgan fingerprint density at radius 3 is 2.23 bits per heavy atom. The summed E-state index contributed by atoms with van der Waals surface area (Å²) in [5, 5.41) is 9.93. The number of rotatable bonds is 3. The maximum absolute atomic E-state index is 9.63. The van der Waals surface area contributed by atoms with Gasteiger partial charge in [-0.1, -0.05) is 59.1 Å². The van der Waals surface area contributed by atoms with Crippen LogP contribution in [0, 0.1) is 5.92 Å². The van der Waals surface area contributed by atoms with Crippen LogP contribution in [0.15, 0.2) is 33.8 Å². The van der Waals surface area contributed by atoms with E-state index < -0.39 is 6.10 Å². The van der Waals surface area contributed by atoms with Crippen molar-refractivity contribution in [1.82, 2.24) is 0 Å². The molecule has 1 N–H and O–H groups in total. The quantitative estimate of drug-likeness (QED) is 0.801. The lowest BCUT2D eigenvalue weighted by molar-refractivity contribution is 0.151. The Bertz CT molecular complexity index is 252. The molecular weight excluding hydrogens is 230 g/mol. The molecule has 1 atom stereocenters. The molecule has 1 aliphatic rings. The van der Waals surface area contributed by atoms with E-state index in [0.29, 0.717) is 5.03 Å². The Hall–Kier alpha value is 0.0500. The van der Waals surface area contributed by atoms with E-state index in [-0.39, 0.29) is 16.8 Å². The SMILES string of the molecule is OC(CC(Cl)=C(Cl)Cl)C1C=CC=C1. The van der Waals surface area contributed by atoms with Crippen LogP contribution in [0.2, 0.25) is 0 Å². The van der Waals surface area contributed by atoms with Gasteiger partial charge >= 0.3 is 0 Å². The predicted molar refractivity (Wildman–Crippen MR) is 57.0 cm³/mol. The van der Waals surface area contributed by atoms with Crippen LogP contribution in [0.3, 0.4) is 0 Å². The Labute approximate surface area is 92.3 Å². The zero-order valence-electron chi connectivity index (χ0n) is 6.75. The molecule has 0 bridgehead atoms. The van der Waals surface area contributed by atoms with Crippen molar-refractivity contribution in [3.63, 3.8) is 0 Å². The molecule has 0 aliphatic heterocycles. The Balaban J connectivity index is 2.50. The Kier molecular flexibility index (Phi) is 4.33. The molecular formula is C9H9Cl3O. The van der Waals surface area contributed by atoms with Gasteiger partial charge in [-0.3, -0.25) is 0 Å². The lowest BCUT2D eigenvalue weighted by Crippen LogP contribution is -2.15. The molecule has 0 aromatic heterocycles. The van der Waals surface area contributed by atoms with Crippen LogP contribution in [0.4, 0.5) is 0 Å². The van der Waals surface area contributed by atoms with Crippen molar-refractivity contribution in [1.29, 1.82) is 0 Å². The highest BCUT2D eigenvalue weighted by atomic mass is 35.5. The molecule has 1 unspecified atom stereocenters. The summed E-state index contributed by atoms with van der Waals surface area (Å²) in [4.78, 5) is 0. The first-order chi connectivity index (χ1) is 6.11. The molecule has 1 nitrogen and oxygen atoms in total. The second-order valence-electron chi connectivity index (χ2n) is 2.78. The van der Waals surface area contributed by atoms with E-state index in [9.17, 15) is 5.11 Å². The topological polar surface area (TPSA) is 20.2 Å². The number of allylic oxidation sites excluding steroid dienone is 2. The van der Waals surface area contributed by atoms with Gasteiger partial charge in [0.05, 0.1) is 11.1 Å². The van der Waals surface area contributed by atoms with Gasteiger partial charge in [0.2, 0.25) is 0 Å². The fraction of sp³-hybridized carbons (Fsp3) is 0.333. The van der Waals surface area contributed by atoms with Gasteiger partial charge in [0.1, 0.15) is 4.49 Å². The summed E-state index contributed by atoms with van der Waals surface area (Å²) in [6, 6.07) is 0. The minimum absolute atomic E-state index is 0.0152. The van der Waals surface area contributed by atoms with Crippen molar-refractivity contribution in [2.24, 2.45) is 5.92 Å². The smallest absolute Gasteiger partial charge is 0.121 e. The zero-order chi connectivity index (χ0) is 9.84. The first-order valence-electron chi connectivity index (χ1n) is 3.84. The summed E-state index contributed by atoms with van der Waals surface area (Å²) in [6.45, 7) is 0. The second kappa shape index (κ2) is 5.06. The van der Waals surface area contributed by atoms with Crippen molar-refractivity contribution in [3.8, 4) is 0 Å². The van der Waals surface area contributed by atoms with Crippen molar-refractivity contribution < 1.29 is 5.11 Å². The summed E-state index contributed by atoms with van der Waals surface area (Å²) in [6.07, 6.45) is 7.29. The predicted octanol–water partition coefficient (Wildman–Crippen LogP) is 3.37. The van der Waals surface area contributed by atoms with Gasteiger partial charge in [0.15, 0.2) is 0 Å². The normalized spacial score (nSPS) is 17.8. The van der Waals surface area contributed by atoms with E-state index in [2.05, 4.69) is 0 Å². The summed E-state index contributed by atoms with van der Waals surface area (Å²) in [5.41, 5.74) is 0. The van der Waals surface area contributed by atoms with Gasteiger partial charge in [-0.05, 0) is 0 Å². The molecule has 0 radical (unpaired) electrons. The molecule has 0 saturated heterocycles. The number of hydrogen-bond acceptors (Lipinski definition) is 1. The molecule has 1 aliphatic carbocycles. The van der Waals surface area contributed by atoms with E-state index in [1.54, 1.807) is 0 Å². The third-order valence-electron chi connectivity index (χ3n) is 1.82. The molecule has 13 heavy (non-hydrogen) atoms. The molecule has 0 saturated carbocycles. The molecule has 0 aromatic carbocycles. The number of aliphatic hydroxyl groups excluding tert-OH is 1. The van der Waals surface area contributed by atoms with Gasteiger partial charge in [-0.15, -0.1) is 0 Å². The fourth-order valence-electron chi connectivity index (χ4n) is 1.10. The van der Waals surface area contributed by atoms with E-state index in [1.165, 1.54) is 0 Å². The van der Waals surface area contributed by atoms with Crippen LogP contribution in [0.5, 0.6) is 0 Å². The second-order valence-corrected chi connectivity index (χ2v) is 4.19. The Morgan fingerprint density at radius 1 is 1.23 bits per heavy atom. The monoisotopic (exact) mass is 238 g/mol. The average Bonchev–Trinajstić information content (AvgIpc) is 2.55. The zero-order valence-corrected chi connectivity index (χ0v) is 9.02. The van der Waals surface area contributed by atoms with Gasteiger partial charge in [0.25, 0.3) is 0 Å². The molecule has 72 valence electrons. The van der Waals surface area contributed by atoms with Crippen LogP contribution < -0.4 is 0 Å². The molecule has 0 heterocycles. The van der Waals surface area contributed by atoms with E-state index in [1.807, 2.05) is 24.3 Å². The highest BCUT2D eigenvalue weighted by Crippen LogP contribution is 2.26. The van der Waals surface area contributed by atoms with E-state index >= 15 is 0 Å². The highest BCUT2D eigenvalue weighted by molar-refractivity contribution is 6.59. The van der Waals surface area contributed by atoms with Crippen LogP contribution >= 0.6 is 34.8 Å². The molecule has 0 aromatic rings. The summed E-state index contributed by atoms with van der Waals surface area (Å²) >= 11 is 16.6. The molecule has 1 rings (SSSR count). The van der Waals surface area contributed by atoms with Gasteiger partial charge in [-0.25, -0.2) is 0 Å². The minimum atomic E-state index is -0.560. The molecule has 4 heteroatoms. The van der Waals surface area contributed by atoms with E-state index in [0.717, 1.165) is 0 Å². The summed E-state index contributed by atoms with van der Waals surface area (Å²) in [5.74, 6) is 0.0152. The highest BCUT2D eigenvalue weighted by Gasteiger charge is 2.17. The largest absolute Gasteiger partial charge is 0.392 e. The summed E-state index contributed by atoms with van der Waals surface area (Å²) in [7, 11) is 0. The van der Waals surface area contributed by atoms with Gasteiger partial charge in [0, 0.05) is 12.3 Å². The fourth-order valence-corrected chi connectivity index (χ4v) is 1.41. The minimum Gasteiger partial charge on any atom is -0.392 e. The Morgan fingerprint density at radius 2 is 1.77 bits per heavy atom. The van der Waals surface area contributed by atoms with E-state index in [4.69, 9.17) is 34.8 Å². The van der Waals surface area contributed by atoms with Crippen molar-refractivity contribution in [3.05, 3.63) is 33.8 Å². The standard InChI is InChI=1S/C9H9Cl3O/c10-7(9(11)12)5-8(13)6-3-1-2-4-6/h1-4,6,8,13H,5H2. The van der Waals surface area contributed by atoms with Crippen molar-refractivity contribution in [2.75, 3.05) is 0 Å². The number of hydrogen-bond donors (Lipinski definition) is 1. The molecule has 0 fully saturated rings. The summed E-state index contributed by atoms with van der Waals surface area (Å²) < 4.78 is 0.0201. The molecule has 0 amide bonds. The third-order valence-corrected chi connectivity index (χ3v) is 2.81. The lowest BCUT2D eigenvalue weighted by Gasteiger charge is -2.13.